The van der Waals surface area contributed by atoms with Crippen molar-refractivity contribution in [3.8, 4) is 0 Å². The maximum atomic E-state index is 10.4. The number of nitrogens with one attached hydrogen (secondary N) is 1. The summed E-state index contributed by atoms with van der Waals surface area (Å²) in [6, 6.07) is -0.572. The fourth-order valence-electron chi connectivity index (χ4n) is 0.799. The molecule has 0 radical (unpaired) electrons. The second kappa shape index (κ2) is 3.99. The number of rotatable bonds is 4. The standard InChI is InChI=1S/C7H12N4O2/c1-5(7(12)13)8-3-6-10-9-4-11(6)2/h4-5,8H,3H2,1-2H3,(H,12,13). The van der Waals surface area contributed by atoms with Crippen molar-refractivity contribution in [1.29, 1.82) is 0 Å². The molecule has 1 heterocycles. The van der Waals surface area contributed by atoms with Gasteiger partial charge in [-0.15, -0.1) is 10.2 Å². The Labute approximate surface area is 75.6 Å². The summed E-state index contributed by atoms with van der Waals surface area (Å²) in [5.41, 5.74) is 0. The topological polar surface area (TPSA) is 80.0 Å². The summed E-state index contributed by atoms with van der Waals surface area (Å²) in [5.74, 6) is -0.157. The number of hydrogen-bond acceptors (Lipinski definition) is 4. The van der Waals surface area contributed by atoms with E-state index in [2.05, 4.69) is 15.5 Å². The van der Waals surface area contributed by atoms with Crippen LogP contribution in [0.25, 0.3) is 0 Å². The lowest BCUT2D eigenvalue weighted by atomic mass is 10.3. The van der Waals surface area contributed by atoms with Crippen LogP contribution in [0, 0.1) is 0 Å². The lowest BCUT2D eigenvalue weighted by molar-refractivity contribution is -0.139. The Morgan fingerprint density at radius 2 is 2.54 bits per heavy atom. The second-order valence-corrected chi connectivity index (χ2v) is 2.80. The average molecular weight is 184 g/mol. The van der Waals surface area contributed by atoms with Crippen LogP contribution in [0.15, 0.2) is 6.33 Å². The highest BCUT2D eigenvalue weighted by atomic mass is 16.4. The van der Waals surface area contributed by atoms with Crippen LogP contribution in [-0.4, -0.2) is 31.9 Å². The van der Waals surface area contributed by atoms with Crippen LogP contribution >= 0.6 is 0 Å². The quantitative estimate of drug-likeness (QED) is 0.651. The van der Waals surface area contributed by atoms with Crippen LogP contribution in [0.2, 0.25) is 0 Å². The van der Waals surface area contributed by atoms with Gasteiger partial charge in [-0.2, -0.15) is 0 Å². The molecule has 1 atom stereocenters. The van der Waals surface area contributed by atoms with E-state index in [4.69, 9.17) is 5.11 Å². The van der Waals surface area contributed by atoms with Crippen LogP contribution in [0.3, 0.4) is 0 Å². The van der Waals surface area contributed by atoms with E-state index >= 15 is 0 Å². The van der Waals surface area contributed by atoms with Gasteiger partial charge in [-0.05, 0) is 6.92 Å². The van der Waals surface area contributed by atoms with Gasteiger partial charge in [0.2, 0.25) is 0 Å². The summed E-state index contributed by atoms with van der Waals surface area (Å²) in [7, 11) is 1.81. The molecular weight excluding hydrogens is 172 g/mol. The first-order valence-electron chi connectivity index (χ1n) is 3.90. The van der Waals surface area contributed by atoms with Gasteiger partial charge in [-0.1, -0.05) is 0 Å². The van der Waals surface area contributed by atoms with Crippen LogP contribution in [0.5, 0.6) is 0 Å². The van der Waals surface area contributed by atoms with Crippen molar-refractivity contribution in [3.05, 3.63) is 12.2 Å². The van der Waals surface area contributed by atoms with Crippen molar-refractivity contribution < 1.29 is 9.90 Å². The van der Waals surface area contributed by atoms with Crippen molar-refractivity contribution in [2.45, 2.75) is 19.5 Å². The predicted octanol–water partition coefficient (Wildman–Crippen LogP) is -0.622. The van der Waals surface area contributed by atoms with Crippen molar-refractivity contribution in [1.82, 2.24) is 20.1 Å². The first kappa shape index (κ1) is 9.66. The summed E-state index contributed by atoms with van der Waals surface area (Å²) in [4.78, 5) is 10.4. The van der Waals surface area contributed by atoms with Crippen LogP contribution in [0.4, 0.5) is 0 Å². The molecule has 6 heteroatoms. The average Bonchev–Trinajstić information content (AvgIpc) is 2.47. The van der Waals surface area contributed by atoms with Crippen molar-refractivity contribution >= 4 is 5.97 Å². The van der Waals surface area contributed by atoms with E-state index in [1.165, 1.54) is 0 Å². The van der Waals surface area contributed by atoms with Crippen LogP contribution in [0.1, 0.15) is 12.7 Å². The number of carboxylic acids is 1. The SMILES string of the molecule is CC(NCc1nncn1C)C(=O)O. The number of aliphatic carboxylic acids is 1. The Balaban J connectivity index is 2.44. The van der Waals surface area contributed by atoms with E-state index in [0.29, 0.717) is 12.4 Å². The minimum Gasteiger partial charge on any atom is -0.480 e. The lowest BCUT2D eigenvalue weighted by Gasteiger charge is -2.07. The summed E-state index contributed by atoms with van der Waals surface area (Å²) in [6.45, 7) is 1.99. The minimum atomic E-state index is -0.873. The molecule has 0 aliphatic carbocycles. The van der Waals surface area contributed by atoms with E-state index in [0.717, 1.165) is 0 Å². The highest BCUT2D eigenvalue weighted by molar-refractivity contribution is 5.72. The van der Waals surface area contributed by atoms with E-state index in [1.807, 2.05) is 7.05 Å². The predicted molar refractivity (Wildman–Crippen MR) is 44.9 cm³/mol. The molecule has 0 aromatic carbocycles. The van der Waals surface area contributed by atoms with Gasteiger partial charge < -0.3 is 9.67 Å². The van der Waals surface area contributed by atoms with Gasteiger partial charge >= 0.3 is 5.97 Å². The second-order valence-electron chi connectivity index (χ2n) is 2.80. The fraction of sp³-hybridized carbons (Fsp3) is 0.571. The molecule has 0 fully saturated rings. The number of aryl methyl sites for hydroxylation is 1. The monoisotopic (exact) mass is 184 g/mol. The Bertz CT molecular complexity index is 296. The molecule has 13 heavy (non-hydrogen) atoms. The minimum absolute atomic E-state index is 0.407. The van der Waals surface area contributed by atoms with Gasteiger partial charge in [0.1, 0.15) is 18.2 Å². The van der Waals surface area contributed by atoms with E-state index < -0.39 is 12.0 Å². The molecule has 1 unspecified atom stereocenters. The first-order chi connectivity index (χ1) is 6.11. The summed E-state index contributed by atoms with van der Waals surface area (Å²) >= 11 is 0. The molecule has 0 aliphatic rings. The molecule has 72 valence electrons. The maximum Gasteiger partial charge on any atom is 0.320 e. The van der Waals surface area contributed by atoms with Gasteiger partial charge in [0.25, 0.3) is 0 Å². The largest absolute Gasteiger partial charge is 0.480 e. The van der Waals surface area contributed by atoms with Gasteiger partial charge in [0.15, 0.2) is 0 Å². The van der Waals surface area contributed by atoms with Crippen molar-refractivity contribution in [2.75, 3.05) is 0 Å². The number of carboxylic acid groups (broad SMARTS) is 1. The highest BCUT2D eigenvalue weighted by Crippen LogP contribution is 1.91. The number of nitrogens with zero attached hydrogens (tertiary/aromatic N) is 3. The molecule has 0 saturated heterocycles. The first-order valence-corrected chi connectivity index (χ1v) is 3.90. The third-order valence-corrected chi connectivity index (χ3v) is 1.74. The van der Waals surface area contributed by atoms with Gasteiger partial charge in [-0.3, -0.25) is 10.1 Å². The molecule has 2 N–H and O–H groups in total. The van der Waals surface area contributed by atoms with E-state index in [9.17, 15) is 4.79 Å². The third-order valence-electron chi connectivity index (χ3n) is 1.74. The van der Waals surface area contributed by atoms with Crippen molar-refractivity contribution in [2.24, 2.45) is 7.05 Å². The van der Waals surface area contributed by atoms with E-state index in [1.54, 1.807) is 17.8 Å². The Hall–Kier alpha value is -1.43. The molecule has 0 bridgehead atoms. The zero-order chi connectivity index (χ0) is 9.84. The fourth-order valence-corrected chi connectivity index (χ4v) is 0.799. The zero-order valence-corrected chi connectivity index (χ0v) is 7.56. The van der Waals surface area contributed by atoms with Gasteiger partial charge in [0.05, 0.1) is 6.54 Å². The summed E-state index contributed by atoms with van der Waals surface area (Å²) < 4.78 is 1.74. The van der Waals surface area contributed by atoms with Gasteiger partial charge in [0, 0.05) is 7.05 Å². The third kappa shape index (κ3) is 2.51. The summed E-state index contributed by atoms with van der Waals surface area (Å²) in [6.07, 6.45) is 1.57. The molecule has 1 aromatic heterocycles. The smallest absolute Gasteiger partial charge is 0.320 e. The van der Waals surface area contributed by atoms with Crippen molar-refractivity contribution in [3.63, 3.8) is 0 Å². The maximum absolute atomic E-state index is 10.4. The normalized spacial score (nSPS) is 12.8. The molecule has 6 nitrogen and oxygen atoms in total. The number of carbonyl (C=O) groups is 1. The van der Waals surface area contributed by atoms with Crippen LogP contribution in [-0.2, 0) is 18.4 Å². The molecule has 1 rings (SSSR count). The highest BCUT2D eigenvalue weighted by Gasteiger charge is 2.10. The number of aromatic nitrogens is 3. The Morgan fingerprint density at radius 3 is 3.00 bits per heavy atom. The molecule has 0 saturated carbocycles. The number of hydrogen-bond donors (Lipinski definition) is 2. The Kier molecular flexibility index (Phi) is 2.97. The summed E-state index contributed by atoms with van der Waals surface area (Å²) in [5, 5.41) is 18.9. The zero-order valence-electron chi connectivity index (χ0n) is 7.56. The van der Waals surface area contributed by atoms with E-state index in [-0.39, 0.29) is 0 Å². The van der Waals surface area contributed by atoms with Gasteiger partial charge in [-0.25, -0.2) is 0 Å². The Morgan fingerprint density at radius 1 is 1.85 bits per heavy atom. The molecule has 0 spiro atoms. The molecular formula is C7H12N4O2. The molecule has 1 aromatic rings. The lowest BCUT2D eigenvalue weighted by Crippen LogP contribution is -2.33. The molecule has 0 aliphatic heterocycles. The molecule has 0 amide bonds. The van der Waals surface area contributed by atoms with Crippen LogP contribution < -0.4 is 5.32 Å².